The van der Waals surface area contributed by atoms with Gasteiger partial charge in [0, 0.05) is 19.6 Å². The van der Waals surface area contributed by atoms with E-state index in [0.29, 0.717) is 12.0 Å². The number of rotatable bonds is 6. The van der Waals surface area contributed by atoms with Crippen LogP contribution < -0.4 is 4.74 Å². The lowest BCUT2D eigenvalue weighted by Gasteiger charge is -2.16. The zero-order valence-electron chi connectivity index (χ0n) is 11.7. The number of carbonyl (C=O) groups is 1. The highest BCUT2D eigenvalue weighted by atomic mass is 19.1. The van der Waals surface area contributed by atoms with Gasteiger partial charge in [-0.15, -0.1) is 0 Å². The van der Waals surface area contributed by atoms with Crippen LogP contribution in [-0.4, -0.2) is 50.4 Å². The number of carbonyl (C=O) groups excluding carboxylic acids is 1. The van der Waals surface area contributed by atoms with Crippen molar-refractivity contribution in [2.75, 3.05) is 33.4 Å². The Balaban J connectivity index is 1.83. The summed E-state index contributed by atoms with van der Waals surface area (Å²) in [6.45, 7) is 2.30. The summed E-state index contributed by atoms with van der Waals surface area (Å²) in [6.07, 6.45) is 1.67. The zero-order chi connectivity index (χ0) is 14.4. The molecule has 20 heavy (non-hydrogen) atoms. The minimum absolute atomic E-state index is 0.138. The Morgan fingerprint density at radius 1 is 1.40 bits per heavy atom. The number of hydrogen-bond acceptors (Lipinski definition) is 4. The molecule has 0 aliphatic carbocycles. The number of ether oxygens (including phenoxy) is 2. The zero-order valence-corrected chi connectivity index (χ0v) is 11.7. The summed E-state index contributed by atoms with van der Waals surface area (Å²) in [7, 11) is 1.36. The van der Waals surface area contributed by atoms with E-state index in [0.717, 1.165) is 31.8 Å². The predicted molar refractivity (Wildman–Crippen MR) is 73.8 cm³/mol. The third-order valence-electron chi connectivity index (χ3n) is 3.42. The SMILES string of the molecule is COC(=O)c1ccc(OC2CCN(CCCF)C2)cc1. The van der Waals surface area contributed by atoms with Gasteiger partial charge in [0.05, 0.1) is 19.3 Å². The van der Waals surface area contributed by atoms with Crippen molar-refractivity contribution in [2.24, 2.45) is 0 Å². The molecule has 1 fully saturated rings. The van der Waals surface area contributed by atoms with Crippen LogP contribution in [0.15, 0.2) is 24.3 Å². The maximum Gasteiger partial charge on any atom is 0.337 e. The van der Waals surface area contributed by atoms with E-state index in [1.807, 2.05) is 0 Å². The van der Waals surface area contributed by atoms with Crippen LogP contribution in [0.4, 0.5) is 4.39 Å². The number of nitrogens with zero attached hydrogens (tertiary/aromatic N) is 1. The van der Waals surface area contributed by atoms with E-state index in [9.17, 15) is 9.18 Å². The molecule has 5 heteroatoms. The van der Waals surface area contributed by atoms with Crippen molar-refractivity contribution in [3.63, 3.8) is 0 Å². The molecule has 4 nitrogen and oxygen atoms in total. The molecule has 110 valence electrons. The van der Waals surface area contributed by atoms with Crippen molar-refractivity contribution >= 4 is 5.97 Å². The molecule has 2 rings (SSSR count). The normalized spacial score (nSPS) is 19.0. The van der Waals surface area contributed by atoms with Crippen LogP contribution in [0, 0.1) is 0 Å². The van der Waals surface area contributed by atoms with Gasteiger partial charge in [0.25, 0.3) is 0 Å². The molecule has 1 aromatic rings. The van der Waals surface area contributed by atoms with Gasteiger partial charge in [0.1, 0.15) is 11.9 Å². The minimum atomic E-state index is -0.352. The lowest BCUT2D eigenvalue weighted by molar-refractivity contribution is 0.0600. The van der Waals surface area contributed by atoms with Gasteiger partial charge >= 0.3 is 5.97 Å². The van der Waals surface area contributed by atoms with E-state index in [2.05, 4.69) is 9.64 Å². The Bertz CT molecular complexity index is 435. The van der Waals surface area contributed by atoms with E-state index >= 15 is 0 Å². The van der Waals surface area contributed by atoms with Crippen LogP contribution in [-0.2, 0) is 4.74 Å². The van der Waals surface area contributed by atoms with Gasteiger partial charge in [0.2, 0.25) is 0 Å². The number of hydrogen-bond donors (Lipinski definition) is 0. The summed E-state index contributed by atoms with van der Waals surface area (Å²) >= 11 is 0. The summed E-state index contributed by atoms with van der Waals surface area (Å²) in [5, 5.41) is 0. The lowest BCUT2D eigenvalue weighted by atomic mass is 10.2. The highest BCUT2D eigenvalue weighted by Gasteiger charge is 2.23. The monoisotopic (exact) mass is 281 g/mol. The minimum Gasteiger partial charge on any atom is -0.489 e. The molecule has 0 amide bonds. The molecule has 1 aromatic carbocycles. The van der Waals surface area contributed by atoms with Gasteiger partial charge in [-0.3, -0.25) is 9.29 Å². The van der Waals surface area contributed by atoms with Gasteiger partial charge in [-0.2, -0.15) is 0 Å². The van der Waals surface area contributed by atoms with Crippen LogP contribution in [0.25, 0.3) is 0 Å². The molecule has 1 saturated heterocycles. The number of methoxy groups -OCH3 is 1. The first-order valence-corrected chi connectivity index (χ1v) is 6.86. The molecule has 1 aliphatic rings. The van der Waals surface area contributed by atoms with E-state index in [-0.39, 0.29) is 18.7 Å². The molecule has 0 saturated carbocycles. The first-order valence-electron chi connectivity index (χ1n) is 6.86. The fourth-order valence-electron chi connectivity index (χ4n) is 2.36. The highest BCUT2D eigenvalue weighted by Crippen LogP contribution is 2.19. The van der Waals surface area contributed by atoms with Crippen molar-refractivity contribution in [3.05, 3.63) is 29.8 Å². The van der Waals surface area contributed by atoms with Crippen LogP contribution in [0.5, 0.6) is 5.75 Å². The van der Waals surface area contributed by atoms with Gasteiger partial charge in [-0.25, -0.2) is 4.79 Å². The van der Waals surface area contributed by atoms with Gasteiger partial charge in [0.15, 0.2) is 0 Å². The maximum atomic E-state index is 12.1. The molecule has 1 unspecified atom stereocenters. The van der Waals surface area contributed by atoms with Crippen molar-refractivity contribution < 1.29 is 18.7 Å². The largest absolute Gasteiger partial charge is 0.489 e. The quantitative estimate of drug-likeness (QED) is 0.750. The van der Waals surface area contributed by atoms with E-state index in [1.165, 1.54) is 7.11 Å². The molecule has 1 atom stereocenters. The third-order valence-corrected chi connectivity index (χ3v) is 3.42. The second-order valence-corrected chi connectivity index (χ2v) is 4.89. The summed E-state index contributed by atoms with van der Waals surface area (Å²) in [5.74, 6) is 0.393. The van der Waals surface area contributed by atoms with Gasteiger partial charge in [-0.1, -0.05) is 0 Å². The average molecular weight is 281 g/mol. The summed E-state index contributed by atoms with van der Waals surface area (Å²) in [5.41, 5.74) is 0.510. The Kier molecular flexibility index (Phi) is 5.35. The summed E-state index contributed by atoms with van der Waals surface area (Å²) < 4.78 is 22.6. The number of halogens is 1. The molecular formula is C15H20FNO3. The van der Waals surface area contributed by atoms with Gasteiger partial charge in [-0.05, 0) is 37.1 Å². The first kappa shape index (κ1) is 14.8. The number of esters is 1. The van der Waals surface area contributed by atoms with Crippen molar-refractivity contribution in [2.45, 2.75) is 18.9 Å². The molecule has 1 aliphatic heterocycles. The lowest BCUT2D eigenvalue weighted by Crippen LogP contribution is -2.26. The highest BCUT2D eigenvalue weighted by molar-refractivity contribution is 5.89. The average Bonchev–Trinajstić information content (AvgIpc) is 2.92. The summed E-state index contributed by atoms with van der Waals surface area (Å²) in [4.78, 5) is 13.5. The van der Waals surface area contributed by atoms with Crippen molar-refractivity contribution in [1.82, 2.24) is 4.90 Å². The maximum absolute atomic E-state index is 12.1. The van der Waals surface area contributed by atoms with E-state index < -0.39 is 0 Å². The molecule has 1 heterocycles. The van der Waals surface area contributed by atoms with Crippen molar-refractivity contribution in [1.29, 1.82) is 0 Å². The van der Waals surface area contributed by atoms with Crippen LogP contribution >= 0.6 is 0 Å². The molecule has 0 spiro atoms. The third kappa shape index (κ3) is 3.93. The smallest absolute Gasteiger partial charge is 0.337 e. The van der Waals surface area contributed by atoms with Crippen molar-refractivity contribution in [3.8, 4) is 5.75 Å². The standard InChI is InChI=1S/C15H20FNO3/c1-19-15(18)12-3-5-13(6-4-12)20-14-7-10-17(11-14)9-2-8-16/h3-6,14H,2,7-11H2,1H3. The van der Waals surface area contributed by atoms with Gasteiger partial charge < -0.3 is 9.47 Å². The fourth-order valence-corrected chi connectivity index (χ4v) is 2.36. The number of likely N-dealkylation sites (tertiary alicyclic amines) is 1. The number of alkyl halides is 1. The Hall–Kier alpha value is -1.62. The fraction of sp³-hybridized carbons (Fsp3) is 0.533. The molecule has 0 aromatic heterocycles. The molecular weight excluding hydrogens is 261 g/mol. The Morgan fingerprint density at radius 2 is 2.15 bits per heavy atom. The Morgan fingerprint density at radius 3 is 2.80 bits per heavy atom. The molecule has 0 N–H and O–H groups in total. The predicted octanol–water partition coefficient (Wildman–Crippen LogP) is 2.29. The number of benzene rings is 1. The second-order valence-electron chi connectivity index (χ2n) is 4.89. The molecule has 0 bridgehead atoms. The topological polar surface area (TPSA) is 38.8 Å². The summed E-state index contributed by atoms with van der Waals surface area (Å²) in [6, 6.07) is 6.93. The second kappa shape index (κ2) is 7.24. The Labute approximate surface area is 118 Å². The van der Waals surface area contributed by atoms with E-state index in [4.69, 9.17) is 4.74 Å². The van der Waals surface area contributed by atoms with E-state index in [1.54, 1.807) is 24.3 Å². The first-order chi connectivity index (χ1) is 9.72. The van der Waals surface area contributed by atoms with Crippen LogP contribution in [0.1, 0.15) is 23.2 Å². The molecule has 0 radical (unpaired) electrons. The van der Waals surface area contributed by atoms with Crippen LogP contribution in [0.2, 0.25) is 0 Å². The van der Waals surface area contributed by atoms with Crippen LogP contribution in [0.3, 0.4) is 0 Å².